The number of nitrogens with one attached hydrogen (secondary N) is 2. The van der Waals surface area contributed by atoms with Crippen LogP contribution in [-0.2, 0) is 21.1 Å². The smallest absolute Gasteiger partial charge is 0.447 e. The summed E-state index contributed by atoms with van der Waals surface area (Å²) in [6, 6.07) is 5.50. The van der Waals surface area contributed by atoms with E-state index in [1.165, 1.54) is 17.4 Å². The first-order valence-electron chi connectivity index (χ1n) is 12.2. The number of hydrogen-bond donors (Lipinski definition) is 3. The number of aromatic nitrogens is 3. The van der Waals surface area contributed by atoms with Gasteiger partial charge in [-0.1, -0.05) is 6.07 Å². The standard InChI is InChI=1S/C24H29F3N6O4S2/c1-13(2)37-23(34)31-16-6-4-15(5-7-16)22-29-14(3)21(38-22)18-9-8-17(12-19(18)39(28,35)36)30-20-10-11-33(32-20)24(25,26)27/h8-13,15-16H,4-7H2,1-3H3,(H,30,32)(H,31,34)(H2,28,35,36). The number of hydrogen-bond acceptors (Lipinski definition) is 8. The third kappa shape index (κ3) is 7.08. The average molecular weight is 587 g/mol. The molecule has 3 aromatic rings. The van der Waals surface area contributed by atoms with Crippen LogP contribution < -0.4 is 15.8 Å². The predicted molar refractivity (Wildman–Crippen MR) is 140 cm³/mol. The number of ether oxygens (including phenoxy) is 1. The van der Waals surface area contributed by atoms with E-state index < -0.39 is 22.4 Å². The van der Waals surface area contributed by atoms with Crippen LogP contribution in [0.1, 0.15) is 56.2 Å². The monoisotopic (exact) mass is 586 g/mol. The molecule has 1 amide bonds. The van der Waals surface area contributed by atoms with Crippen molar-refractivity contribution < 1.29 is 31.1 Å². The number of anilines is 2. The Balaban J connectivity index is 1.52. The molecule has 2 heterocycles. The second-order valence-corrected chi connectivity index (χ2v) is 12.2. The molecule has 39 heavy (non-hydrogen) atoms. The van der Waals surface area contributed by atoms with Crippen LogP contribution >= 0.6 is 11.3 Å². The second kappa shape index (κ2) is 11.1. The molecule has 2 aromatic heterocycles. The van der Waals surface area contributed by atoms with E-state index in [1.54, 1.807) is 32.9 Å². The van der Waals surface area contributed by atoms with Gasteiger partial charge in [0, 0.05) is 35.5 Å². The van der Waals surface area contributed by atoms with Gasteiger partial charge in [-0.3, -0.25) is 0 Å². The van der Waals surface area contributed by atoms with Crippen molar-refractivity contribution in [3.05, 3.63) is 41.2 Å². The summed E-state index contributed by atoms with van der Waals surface area (Å²) in [6.07, 6.45) is -1.42. The van der Waals surface area contributed by atoms with Crippen LogP contribution in [-0.4, -0.2) is 41.4 Å². The molecule has 0 radical (unpaired) electrons. The van der Waals surface area contributed by atoms with Gasteiger partial charge in [0.05, 0.1) is 26.6 Å². The molecule has 212 valence electrons. The van der Waals surface area contributed by atoms with Crippen LogP contribution in [0.25, 0.3) is 10.4 Å². The first-order chi connectivity index (χ1) is 18.2. The van der Waals surface area contributed by atoms with E-state index in [0.29, 0.717) is 16.1 Å². The first-order valence-corrected chi connectivity index (χ1v) is 14.6. The van der Waals surface area contributed by atoms with Gasteiger partial charge in [-0.2, -0.15) is 4.68 Å². The van der Waals surface area contributed by atoms with E-state index in [-0.39, 0.29) is 39.1 Å². The van der Waals surface area contributed by atoms with Gasteiger partial charge in [0.1, 0.15) is 0 Å². The first kappa shape index (κ1) is 28.8. The molecule has 0 bridgehead atoms. The zero-order chi connectivity index (χ0) is 28.5. The number of sulfonamides is 1. The Kier molecular flexibility index (Phi) is 8.23. The third-order valence-corrected chi connectivity index (χ3v) is 8.51. The van der Waals surface area contributed by atoms with Crippen LogP contribution in [0.2, 0.25) is 0 Å². The lowest BCUT2D eigenvalue weighted by Gasteiger charge is -2.28. The van der Waals surface area contributed by atoms with Crippen LogP contribution in [0.15, 0.2) is 35.4 Å². The summed E-state index contributed by atoms with van der Waals surface area (Å²) >= 11 is 1.38. The lowest BCUT2D eigenvalue weighted by atomic mass is 9.86. The lowest BCUT2D eigenvalue weighted by molar-refractivity contribution is -0.212. The number of nitrogens with zero attached hydrogens (tertiary/aromatic N) is 3. The molecule has 0 atom stereocenters. The number of rotatable bonds is 7. The van der Waals surface area contributed by atoms with E-state index in [2.05, 4.69) is 15.7 Å². The van der Waals surface area contributed by atoms with Crippen molar-refractivity contribution in [2.24, 2.45) is 5.14 Å². The van der Waals surface area contributed by atoms with Gasteiger partial charge in [0.15, 0.2) is 5.82 Å². The van der Waals surface area contributed by atoms with Crippen molar-refractivity contribution >= 4 is 39.0 Å². The van der Waals surface area contributed by atoms with Crippen molar-refractivity contribution in [1.29, 1.82) is 0 Å². The summed E-state index contributed by atoms with van der Waals surface area (Å²) < 4.78 is 68.5. The van der Waals surface area contributed by atoms with Crippen LogP contribution in [0.5, 0.6) is 0 Å². The molecule has 1 aliphatic carbocycles. The summed E-state index contributed by atoms with van der Waals surface area (Å²) in [5, 5.41) is 15.4. The van der Waals surface area contributed by atoms with E-state index >= 15 is 0 Å². The number of alkyl halides is 3. The number of thiazole rings is 1. The fraction of sp³-hybridized carbons (Fsp3) is 0.458. The average Bonchev–Trinajstić information content (AvgIpc) is 3.45. The normalized spacial score (nSPS) is 18.3. The van der Waals surface area contributed by atoms with Crippen LogP contribution in [0, 0.1) is 6.92 Å². The van der Waals surface area contributed by atoms with Crippen molar-refractivity contribution in [2.75, 3.05) is 5.32 Å². The van der Waals surface area contributed by atoms with Gasteiger partial charge >= 0.3 is 12.4 Å². The largest absolute Gasteiger partial charge is 0.504 e. The van der Waals surface area contributed by atoms with Crippen LogP contribution in [0.3, 0.4) is 0 Å². The van der Waals surface area contributed by atoms with Gasteiger partial charge in [-0.15, -0.1) is 29.6 Å². The number of carbonyl (C=O) groups is 1. The van der Waals surface area contributed by atoms with Crippen molar-refractivity contribution in [1.82, 2.24) is 20.1 Å². The molecule has 0 spiro atoms. The Morgan fingerprint density at radius 3 is 2.49 bits per heavy atom. The van der Waals surface area contributed by atoms with Crippen LogP contribution in [0.4, 0.5) is 29.5 Å². The lowest BCUT2D eigenvalue weighted by Crippen LogP contribution is -2.38. The zero-order valence-corrected chi connectivity index (χ0v) is 23.1. The van der Waals surface area contributed by atoms with E-state index in [0.717, 1.165) is 43.0 Å². The number of primary sulfonamides is 1. The zero-order valence-electron chi connectivity index (χ0n) is 21.4. The maximum atomic E-state index is 12.8. The van der Waals surface area contributed by atoms with Crippen molar-refractivity contribution in [2.45, 2.75) is 75.7 Å². The number of nitrogens with two attached hydrogens (primary N) is 1. The minimum Gasteiger partial charge on any atom is -0.447 e. The highest BCUT2D eigenvalue weighted by Crippen LogP contribution is 2.41. The highest BCUT2D eigenvalue weighted by Gasteiger charge is 2.32. The molecule has 0 aliphatic heterocycles. The van der Waals surface area contributed by atoms with Crippen molar-refractivity contribution in [3.8, 4) is 10.4 Å². The number of benzene rings is 1. The molecular formula is C24H29F3N6O4S2. The summed E-state index contributed by atoms with van der Waals surface area (Å²) in [5.41, 5.74) is 1.21. The number of halogens is 3. The maximum Gasteiger partial charge on any atom is 0.504 e. The molecule has 1 aliphatic rings. The molecule has 4 rings (SSSR count). The fourth-order valence-corrected chi connectivity index (χ4v) is 6.55. The quantitative estimate of drug-likeness (QED) is 0.339. The van der Waals surface area contributed by atoms with Gasteiger partial charge in [-0.25, -0.2) is 23.3 Å². The molecule has 10 nitrogen and oxygen atoms in total. The second-order valence-electron chi connectivity index (χ2n) is 9.61. The minimum atomic E-state index is -4.67. The summed E-state index contributed by atoms with van der Waals surface area (Å²) in [6.45, 7) is 5.36. The molecule has 4 N–H and O–H groups in total. The molecule has 0 unspecified atom stereocenters. The Bertz CT molecular complexity index is 1440. The van der Waals surface area contributed by atoms with Gasteiger partial charge in [0.2, 0.25) is 10.0 Å². The summed E-state index contributed by atoms with van der Waals surface area (Å²) in [5.74, 6) is 0.0449. The van der Waals surface area contributed by atoms with Gasteiger partial charge in [-0.05, 0) is 58.6 Å². The predicted octanol–water partition coefficient (Wildman–Crippen LogP) is 5.34. The Morgan fingerprint density at radius 2 is 1.90 bits per heavy atom. The third-order valence-electron chi connectivity index (χ3n) is 6.21. The van der Waals surface area contributed by atoms with Gasteiger partial charge in [0.25, 0.3) is 0 Å². The van der Waals surface area contributed by atoms with E-state index in [1.807, 2.05) is 0 Å². The van der Waals surface area contributed by atoms with Gasteiger partial charge < -0.3 is 15.4 Å². The van der Waals surface area contributed by atoms with E-state index in [4.69, 9.17) is 14.9 Å². The topological polar surface area (TPSA) is 141 Å². The van der Waals surface area contributed by atoms with Crippen molar-refractivity contribution in [3.63, 3.8) is 0 Å². The SMILES string of the molecule is Cc1nc(C2CCC(NC(=O)OC(C)C)CC2)sc1-c1ccc(Nc2ccn(C(F)(F)F)n2)cc1S(N)(=O)=O. The molecular weight excluding hydrogens is 557 g/mol. The molecule has 1 aromatic carbocycles. The number of alkyl carbamates (subject to hydrolysis) is 1. The Labute approximate surface area is 227 Å². The Morgan fingerprint density at radius 1 is 1.21 bits per heavy atom. The molecule has 1 fully saturated rings. The number of aryl methyl sites for hydroxylation is 1. The molecule has 1 saturated carbocycles. The molecule has 0 saturated heterocycles. The van der Waals surface area contributed by atoms with E-state index in [9.17, 15) is 26.4 Å². The number of carbonyl (C=O) groups excluding carboxylic acids is 1. The number of amides is 1. The maximum absolute atomic E-state index is 12.8. The summed E-state index contributed by atoms with van der Waals surface area (Å²) in [4.78, 5) is 17.1. The fourth-order valence-electron chi connectivity index (χ4n) is 4.44. The highest BCUT2D eigenvalue weighted by atomic mass is 32.2. The summed E-state index contributed by atoms with van der Waals surface area (Å²) in [7, 11) is -4.19. The Hall–Kier alpha value is -3.17. The highest BCUT2D eigenvalue weighted by molar-refractivity contribution is 7.89. The minimum absolute atomic E-state index is 0.0181. The molecule has 15 heteroatoms.